The van der Waals surface area contributed by atoms with E-state index in [0.29, 0.717) is 31.7 Å². The Labute approximate surface area is 124 Å². The van der Waals surface area contributed by atoms with E-state index in [4.69, 9.17) is 4.74 Å². The average Bonchev–Trinajstić information content (AvgIpc) is 2.41. The number of amides is 1. The van der Waals surface area contributed by atoms with Gasteiger partial charge in [-0.1, -0.05) is 0 Å². The Kier molecular flexibility index (Phi) is 7.89. The third-order valence-electron chi connectivity index (χ3n) is 2.95. The Morgan fingerprint density at radius 3 is 2.67 bits per heavy atom. The summed E-state index contributed by atoms with van der Waals surface area (Å²) in [6, 6.07) is 5.63. The molecule has 0 bridgehead atoms. The summed E-state index contributed by atoms with van der Waals surface area (Å²) in [6.45, 7) is 2.81. The van der Waals surface area contributed by atoms with Crippen LogP contribution in [0.5, 0.6) is 0 Å². The van der Waals surface area contributed by atoms with Crippen LogP contribution in [0.1, 0.15) is 19.8 Å². The predicted molar refractivity (Wildman–Crippen MR) is 79.6 cm³/mol. The molecule has 0 fully saturated rings. The van der Waals surface area contributed by atoms with E-state index in [9.17, 15) is 14.3 Å². The highest BCUT2D eigenvalue weighted by atomic mass is 19.1. The number of ether oxygens (including phenoxy) is 1. The molecule has 3 N–H and O–H groups in total. The van der Waals surface area contributed by atoms with Crippen LogP contribution in [0.2, 0.25) is 0 Å². The van der Waals surface area contributed by atoms with Gasteiger partial charge in [-0.15, -0.1) is 0 Å². The quantitative estimate of drug-likeness (QED) is 0.646. The van der Waals surface area contributed by atoms with Crippen molar-refractivity contribution in [2.24, 2.45) is 0 Å². The average molecular weight is 298 g/mol. The van der Waals surface area contributed by atoms with Gasteiger partial charge in [0.25, 0.3) is 0 Å². The molecule has 5 nitrogen and oxygen atoms in total. The normalized spacial score (nSPS) is 13.7. The van der Waals surface area contributed by atoms with Crippen LogP contribution in [0.25, 0.3) is 0 Å². The van der Waals surface area contributed by atoms with E-state index in [0.717, 1.165) is 0 Å². The number of hydrogen-bond donors (Lipinski definition) is 3. The van der Waals surface area contributed by atoms with E-state index >= 15 is 0 Å². The molecule has 21 heavy (non-hydrogen) atoms. The summed E-state index contributed by atoms with van der Waals surface area (Å²) in [5.74, 6) is -0.475. The maximum atomic E-state index is 12.7. The number of carbonyl (C=O) groups excluding carboxylic acids is 1. The predicted octanol–water partition coefficient (Wildman–Crippen LogP) is 1.53. The number of hydrogen-bond acceptors (Lipinski definition) is 4. The molecule has 2 atom stereocenters. The Morgan fingerprint density at radius 2 is 2.05 bits per heavy atom. The molecule has 0 aliphatic heterocycles. The number of rotatable bonds is 9. The van der Waals surface area contributed by atoms with Gasteiger partial charge < -0.3 is 20.5 Å². The lowest BCUT2D eigenvalue weighted by atomic mass is 10.2. The first kappa shape index (κ1) is 17.6. The van der Waals surface area contributed by atoms with Crippen LogP contribution in [-0.2, 0) is 9.53 Å². The third kappa shape index (κ3) is 7.75. The Morgan fingerprint density at radius 1 is 1.38 bits per heavy atom. The van der Waals surface area contributed by atoms with Crippen LogP contribution >= 0.6 is 0 Å². The van der Waals surface area contributed by atoms with Gasteiger partial charge in [0.15, 0.2) is 0 Å². The number of anilines is 1. The van der Waals surface area contributed by atoms with E-state index < -0.39 is 6.10 Å². The fourth-order valence-corrected chi connectivity index (χ4v) is 1.87. The highest BCUT2D eigenvalue weighted by molar-refractivity contribution is 5.90. The lowest BCUT2D eigenvalue weighted by molar-refractivity contribution is -0.116. The lowest BCUT2D eigenvalue weighted by Gasteiger charge is -2.15. The monoisotopic (exact) mass is 298 g/mol. The van der Waals surface area contributed by atoms with E-state index in [1.807, 2.05) is 6.92 Å². The molecule has 0 radical (unpaired) electrons. The molecule has 0 saturated carbocycles. The number of halogens is 1. The molecule has 2 unspecified atom stereocenters. The van der Waals surface area contributed by atoms with Crippen molar-refractivity contribution in [1.82, 2.24) is 5.32 Å². The number of nitrogens with one attached hydrogen (secondary N) is 2. The van der Waals surface area contributed by atoms with Crippen molar-refractivity contribution >= 4 is 11.6 Å². The zero-order valence-corrected chi connectivity index (χ0v) is 12.4. The molecule has 0 saturated heterocycles. The van der Waals surface area contributed by atoms with Crippen molar-refractivity contribution in [2.75, 3.05) is 25.6 Å². The summed E-state index contributed by atoms with van der Waals surface area (Å²) in [4.78, 5) is 11.8. The zero-order valence-electron chi connectivity index (χ0n) is 12.4. The molecule has 1 aromatic carbocycles. The van der Waals surface area contributed by atoms with Crippen molar-refractivity contribution in [3.05, 3.63) is 30.1 Å². The number of methoxy groups -OCH3 is 1. The summed E-state index contributed by atoms with van der Waals surface area (Å²) >= 11 is 0. The van der Waals surface area contributed by atoms with Crippen molar-refractivity contribution in [3.63, 3.8) is 0 Å². The molecule has 1 aromatic rings. The first-order valence-electron chi connectivity index (χ1n) is 6.97. The minimum absolute atomic E-state index is 0.0137. The molecular formula is C15H23FN2O3. The second kappa shape index (κ2) is 9.44. The van der Waals surface area contributed by atoms with Gasteiger partial charge in [0.05, 0.1) is 12.7 Å². The molecule has 6 heteroatoms. The van der Waals surface area contributed by atoms with E-state index in [1.54, 1.807) is 7.11 Å². The van der Waals surface area contributed by atoms with Gasteiger partial charge in [-0.2, -0.15) is 0 Å². The van der Waals surface area contributed by atoms with E-state index in [1.165, 1.54) is 24.3 Å². The summed E-state index contributed by atoms with van der Waals surface area (Å²) in [6.07, 6.45) is 0.373. The summed E-state index contributed by atoms with van der Waals surface area (Å²) < 4.78 is 17.6. The largest absolute Gasteiger partial charge is 0.391 e. The van der Waals surface area contributed by atoms with Crippen LogP contribution in [-0.4, -0.2) is 43.4 Å². The topological polar surface area (TPSA) is 70.6 Å². The number of carbonyl (C=O) groups is 1. The molecule has 0 aromatic heterocycles. The molecular weight excluding hydrogens is 275 g/mol. The first-order valence-corrected chi connectivity index (χ1v) is 6.97. The van der Waals surface area contributed by atoms with Crippen LogP contribution in [0.15, 0.2) is 24.3 Å². The molecule has 0 aliphatic carbocycles. The Bertz CT molecular complexity index is 425. The van der Waals surface area contributed by atoms with Crippen LogP contribution in [0, 0.1) is 5.82 Å². The van der Waals surface area contributed by atoms with Crippen molar-refractivity contribution < 1.29 is 19.0 Å². The minimum atomic E-state index is -0.497. The first-order chi connectivity index (χ1) is 10.0. The van der Waals surface area contributed by atoms with E-state index in [2.05, 4.69) is 10.6 Å². The standard InChI is InChI=1S/C15H23FN2O3/c1-11(17-8-7-14(19)10-21-2)9-15(20)18-13-5-3-12(16)4-6-13/h3-6,11,14,17,19H,7-10H2,1-2H3,(H,18,20). The van der Waals surface area contributed by atoms with Gasteiger partial charge in [0, 0.05) is 25.3 Å². The van der Waals surface area contributed by atoms with Gasteiger partial charge in [-0.3, -0.25) is 4.79 Å². The highest BCUT2D eigenvalue weighted by Gasteiger charge is 2.10. The minimum Gasteiger partial charge on any atom is -0.391 e. The van der Waals surface area contributed by atoms with E-state index in [-0.39, 0.29) is 17.8 Å². The van der Waals surface area contributed by atoms with Crippen molar-refractivity contribution in [2.45, 2.75) is 31.9 Å². The molecule has 1 rings (SSSR count). The molecule has 1 amide bonds. The van der Waals surface area contributed by atoms with Crippen molar-refractivity contribution in [3.8, 4) is 0 Å². The van der Waals surface area contributed by atoms with Gasteiger partial charge >= 0.3 is 0 Å². The number of aliphatic hydroxyl groups excluding tert-OH is 1. The summed E-state index contributed by atoms with van der Waals surface area (Å²) in [7, 11) is 1.54. The van der Waals surface area contributed by atoms with Crippen molar-refractivity contribution in [1.29, 1.82) is 0 Å². The Hall–Kier alpha value is -1.50. The van der Waals surface area contributed by atoms with Gasteiger partial charge in [0.2, 0.25) is 5.91 Å². The number of benzene rings is 1. The summed E-state index contributed by atoms with van der Waals surface area (Å²) in [5, 5.41) is 15.4. The zero-order chi connectivity index (χ0) is 15.7. The maximum Gasteiger partial charge on any atom is 0.225 e. The Balaban J connectivity index is 2.22. The third-order valence-corrected chi connectivity index (χ3v) is 2.95. The molecule has 0 spiro atoms. The second-order valence-corrected chi connectivity index (χ2v) is 5.01. The van der Waals surface area contributed by atoms with Gasteiger partial charge in [0.1, 0.15) is 5.82 Å². The lowest BCUT2D eigenvalue weighted by Crippen LogP contribution is -2.33. The van der Waals surface area contributed by atoms with Gasteiger partial charge in [-0.25, -0.2) is 4.39 Å². The van der Waals surface area contributed by atoms with Crippen LogP contribution in [0.3, 0.4) is 0 Å². The molecule has 118 valence electrons. The fraction of sp³-hybridized carbons (Fsp3) is 0.533. The van der Waals surface area contributed by atoms with Crippen LogP contribution in [0.4, 0.5) is 10.1 Å². The second-order valence-electron chi connectivity index (χ2n) is 5.01. The van der Waals surface area contributed by atoms with Gasteiger partial charge in [-0.05, 0) is 44.2 Å². The molecule has 0 heterocycles. The fourth-order valence-electron chi connectivity index (χ4n) is 1.87. The SMILES string of the molecule is COCC(O)CCNC(C)CC(=O)Nc1ccc(F)cc1. The smallest absolute Gasteiger partial charge is 0.225 e. The highest BCUT2D eigenvalue weighted by Crippen LogP contribution is 2.09. The molecule has 0 aliphatic rings. The van der Waals surface area contributed by atoms with Crippen LogP contribution < -0.4 is 10.6 Å². The maximum absolute atomic E-state index is 12.7. The summed E-state index contributed by atoms with van der Waals surface area (Å²) in [5.41, 5.74) is 0.573. The number of aliphatic hydroxyl groups is 1.